The smallest absolute Gasteiger partial charge is 0.242 e. The number of benzene rings is 6. The van der Waals surface area contributed by atoms with Crippen molar-refractivity contribution in [3.8, 4) is 69.9 Å². The Kier molecular flexibility index (Phi) is 16.4. The maximum Gasteiger partial charge on any atom is 0.242 e. The van der Waals surface area contributed by atoms with Gasteiger partial charge in [0.1, 0.15) is 90.1 Å². The summed E-state index contributed by atoms with van der Waals surface area (Å²) in [6.45, 7) is 0. The Morgan fingerprint density at radius 1 is 0.178 bits per heavy atom. The van der Waals surface area contributed by atoms with Crippen molar-refractivity contribution < 1.29 is 8.83 Å². The number of fused-ring (bicyclic) bond motifs is 27. The van der Waals surface area contributed by atoms with Gasteiger partial charge in [-0.05, 0) is 194 Å². The first-order chi connectivity index (χ1) is 67.0. The summed E-state index contributed by atoms with van der Waals surface area (Å²) in [5, 5.41) is 17.9. The lowest BCUT2D eigenvalue weighted by Crippen LogP contribution is -2.11. The van der Waals surface area contributed by atoms with E-state index in [9.17, 15) is 0 Å². The lowest BCUT2D eigenvalue weighted by Gasteiger charge is -2.11. The minimum absolute atomic E-state index is 0.374. The first-order valence-electron chi connectivity index (χ1n) is 43.2. The molecule has 0 N–H and O–H groups in total. The van der Waals surface area contributed by atoms with Crippen LogP contribution in [0.1, 0.15) is 0 Å². The first kappa shape index (κ1) is 74.8. The van der Waals surface area contributed by atoms with Gasteiger partial charge in [-0.25, -0.2) is 87.2 Å². The van der Waals surface area contributed by atoms with E-state index in [1.165, 1.54) is 15.5 Å². The molecule has 30 rings (SSSR count). The summed E-state index contributed by atoms with van der Waals surface area (Å²) in [6.07, 6.45) is 21.2. The van der Waals surface area contributed by atoms with E-state index in [1.807, 2.05) is 240 Å². The summed E-state index contributed by atoms with van der Waals surface area (Å²) < 4.78 is 26.1. The maximum absolute atomic E-state index is 6.23. The molecule has 0 amide bonds. The van der Waals surface area contributed by atoms with E-state index < -0.39 is 0 Å². The van der Waals surface area contributed by atoms with Crippen molar-refractivity contribution in [3.63, 3.8) is 0 Å². The molecule has 135 heavy (non-hydrogen) atoms. The molecule has 0 fully saturated rings. The SMILES string of the molecule is c1ccc2c(c1)oc1ccc(-c3nc(-n4c5ncccc5c5cccnc54)nc(-n4c5ncccc5c5cccnc54)n3)cc12.c1ccc2c(c1)oc1cccc(-c3nc(-n4c5ncccc5c5cccnc54)nc(-n4c5ncccc5c5cccnc54)n3)c12.c1ccc2c(c1)sc1cc(-c3nc(-n4c5ncccc5c5cccnc54)nc(-n4c5ncccc5c5cccnc54)n3)ccc12. The topological polar surface area (TPSA) is 327 Å². The van der Waals surface area contributed by atoms with Crippen molar-refractivity contribution in [1.29, 1.82) is 0 Å². The van der Waals surface area contributed by atoms with Gasteiger partial charge in [-0.3, -0.25) is 0 Å². The fourth-order valence-corrected chi connectivity index (χ4v) is 20.0. The fourth-order valence-electron chi connectivity index (χ4n) is 18.9. The number of para-hydroxylation sites is 2. The first-order valence-corrected chi connectivity index (χ1v) is 44.0. The van der Waals surface area contributed by atoms with Crippen molar-refractivity contribution in [3.05, 3.63) is 347 Å². The lowest BCUT2D eigenvalue weighted by atomic mass is 10.1. The molecule has 24 aromatic heterocycles. The van der Waals surface area contributed by atoms with Gasteiger partial charge >= 0.3 is 0 Å². The van der Waals surface area contributed by atoms with Crippen molar-refractivity contribution in [2.45, 2.75) is 0 Å². The van der Waals surface area contributed by atoms with Gasteiger partial charge in [0.15, 0.2) is 17.5 Å². The molecule has 630 valence electrons. The van der Waals surface area contributed by atoms with Crippen molar-refractivity contribution in [2.24, 2.45) is 0 Å². The molecular formula is C105H57N27O2S. The van der Waals surface area contributed by atoms with Crippen LogP contribution in [0.15, 0.2) is 356 Å². The normalized spacial score (nSPS) is 12.0. The number of rotatable bonds is 9. The van der Waals surface area contributed by atoms with E-state index in [2.05, 4.69) is 60.7 Å². The van der Waals surface area contributed by atoms with Crippen LogP contribution in [0, 0.1) is 0 Å². The molecule has 0 atom stereocenters. The third-order valence-electron chi connectivity index (χ3n) is 24.7. The highest BCUT2D eigenvalue weighted by Crippen LogP contribution is 2.43. The van der Waals surface area contributed by atoms with Gasteiger partial charge in [0.2, 0.25) is 35.7 Å². The predicted octanol–water partition coefficient (Wildman–Crippen LogP) is 22.1. The van der Waals surface area contributed by atoms with Crippen LogP contribution in [-0.2, 0) is 0 Å². The highest BCUT2D eigenvalue weighted by molar-refractivity contribution is 7.25. The van der Waals surface area contributed by atoms with Crippen LogP contribution in [-0.4, -0.2) is 132 Å². The van der Waals surface area contributed by atoms with Gasteiger partial charge in [-0.1, -0.05) is 78.9 Å². The van der Waals surface area contributed by atoms with Crippen molar-refractivity contribution in [2.75, 3.05) is 0 Å². The van der Waals surface area contributed by atoms with Crippen LogP contribution >= 0.6 is 11.3 Å². The Hall–Kier alpha value is -19.2. The molecule has 0 saturated heterocycles. The molecule has 0 spiro atoms. The fraction of sp³-hybridized carbons (Fsp3) is 0. The molecule has 0 aliphatic heterocycles. The van der Waals surface area contributed by atoms with E-state index in [4.69, 9.17) is 113 Å². The van der Waals surface area contributed by atoms with Gasteiger partial charge in [0.25, 0.3) is 0 Å². The van der Waals surface area contributed by atoms with Gasteiger partial charge in [0.05, 0.1) is 0 Å². The molecule has 0 aliphatic rings. The number of furan rings is 2. The van der Waals surface area contributed by atoms with E-state index >= 15 is 0 Å². The average Bonchev–Trinajstić information content (AvgIpc) is 1.58. The van der Waals surface area contributed by atoms with Crippen LogP contribution in [0.25, 0.3) is 266 Å². The van der Waals surface area contributed by atoms with Crippen LogP contribution in [0.2, 0.25) is 0 Å². The van der Waals surface area contributed by atoms with Crippen molar-refractivity contribution >= 4 is 208 Å². The quantitative estimate of drug-likeness (QED) is 0.130. The predicted molar refractivity (Wildman–Crippen MR) is 523 cm³/mol. The summed E-state index contributed by atoms with van der Waals surface area (Å²) in [4.78, 5) is 103. The van der Waals surface area contributed by atoms with E-state index in [0.29, 0.717) is 121 Å². The van der Waals surface area contributed by atoms with Crippen LogP contribution in [0.5, 0.6) is 0 Å². The number of thiophene rings is 1. The van der Waals surface area contributed by atoms with Gasteiger partial charge in [-0.2, -0.15) is 44.9 Å². The largest absolute Gasteiger partial charge is 0.456 e. The number of aromatic nitrogens is 27. The molecule has 6 aromatic carbocycles. The Labute approximate surface area is 761 Å². The molecule has 29 nitrogen and oxygen atoms in total. The minimum Gasteiger partial charge on any atom is -0.456 e. The van der Waals surface area contributed by atoms with Crippen LogP contribution in [0.3, 0.4) is 0 Å². The summed E-state index contributed by atoms with van der Waals surface area (Å²) in [6, 6.07) is 90.3. The second-order valence-corrected chi connectivity index (χ2v) is 33.3. The average molecular weight is 1760 g/mol. The number of nitrogens with zero attached hydrogens (tertiary/aromatic N) is 27. The molecule has 0 saturated carbocycles. The van der Waals surface area contributed by atoms with Gasteiger partial charge in [-0.15, -0.1) is 11.3 Å². The monoisotopic (exact) mass is 1760 g/mol. The zero-order chi connectivity index (χ0) is 88.5. The third kappa shape index (κ3) is 11.7. The molecular weight excluding hydrogens is 1700 g/mol. The Morgan fingerprint density at radius 3 is 0.793 bits per heavy atom. The van der Waals surface area contributed by atoms with Crippen LogP contribution in [0.4, 0.5) is 0 Å². The highest BCUT2D eigenvalue weighted by Gasteiger charge is 2.29. The number of pyridine rings is 12. The Balaban J connectivity index is 0.000000101. The van der Waals surface area contributed by atoms with E-state index in [0.717, 1.165) is 130 Å². The standard InChI is InChI=1S/2C35H19N9O.C35H19N9S/c1-2-14-26-24(8-1)28-25(9-3-15-27(28)45-26)29-40-34(43-30-20(10-4-16-36-30)21-11-5-17-37-31(21)43)42-35(41-29)44-32-22(12-6-18-38-32)23-13-7-19-39-33(23)44;1-2-12-27-21(7-1)26-19-20(13-14-28(26)45-27)29-40-34(43-30-22(8-3-15-36-30)23-9-4-16-37-31(23)43)42-35(41-29)44-32-24(10-5-17-38-32)25-11-6-18-39-33(25)44;1-2-12-27-21(7-1)22-14-13-20(19-28(22)45-27)29-40-34(43-30-23(8-3-15-36-30)24-9-4-16-37-31(24)43)42-35(41-29)44-32-25(10-5-17-38-32)26-11-6-18-39-33(26)44/h3*1-19H. The lowest BCUT2D eigenvalue weighted by molar-refractivity contribution is 0.668. The Morgan fingerprint density at radius 2 is 0.437 bits per heavy atom. The van der Waals surface area contributed by atoms with Crippen LogP contribution < -0.4 is 0 Å². The molecule has 0 bridgehead atoms. The van der Waals surface area contributed by atoms with Crippen molar-refractivity contribution in [1.82, 2.24) is 132 Å². The molecule has 0 radical (unpaired) electrons. The summed E-state index contributed by atoms with van der Waals surface area (Å²) >= 11 is 1.76. The summed E-state index contributed by atoms with van der Waals surface area (Å²) in [7, 11) is 0. The van der Waals surface area contributed by atoms with E-state index in [1.54, 1.807) is 85.7 Å². The number of hydrogen-bond acceptors (Lipinski definition) is 24. The summed E-state index contributed by atoms with van der Waals surface area (Å²) in [5.74, 6) is 3.80. The van der Waals surface area contributed by atoms with E-state index in [-0.39, 0.29) is 0 Å². The molecule has 0 unspecified atom stereocenters. The summed E-state index contributed by atoms with van der Waals surface area (Å²) in [5.41, 5.74) is 14.1. The zero-order valence-corrected chi connectivity index (χ0v) is 71.0. The van der Waals surface area contributed by atoms with Gasteiger partial charge in [0, 0.05) is 197 Å². The second kappa shape index (κ2) is 29.7. The second-order valence-electron chi connectivity index (χ2n) is 32.2. The highest BCUT2D eigenvalue weighted by atomic mass is 32.1. The third-order valence-corrected chi connectivity index (χ3v) is 25.8. The Bertz CT molecular complexity index is 9490. The molecule has 30 aromatic rings. The maximum atomic E-state index is 6.23. The zero-order valence-electron chi connectivity index (χ0n) is 70.2. The van der Waals surface area contributed by atoms with Gasteiger partial charge < -0.3 is 8.83 Å². The minimum atomic E-state index is 0.374. The molecule has 24 heterocycles. The molecule has 0 aliphatic carbocycles. The molecule has 30 heteroatoms. The number of hydrogen-bond donors (Lipinski definition) is 0.